The number of hydrogen-bond acceptors (Lipinski definition) is 4. The molecule has 0 aromatic heterocycles. The monoisotopic (exact) mass is 405 g/mol. The highest BCUT2D eigenvalue weighted by Crippen LogP contribution is 2.46. The predicted octanol–water partition coefficient (Wildman–Crippen LogP) is 3.48. The third-order valence-electron chi connectivity index (χ3n) is 7.24. The molecule has 7 heteroatoms. The Morgan fingerprint density at radius 1 is 1.17 bits per heavy atom. The van der Waals surface area contributed by atoms with E-state index in [4.69, 9.17) is 15.8 Å². The number of carboxylic acids is 1. The van der Waals surface area contributed by atoms with E-state index >= 15 is 0 Å². The van der Waals surface area contributed by atoms with Gasteiger partial charge < -0.3 is 20.9 Å². The highest BCUT2D eigenvalue weighted by atomic mass is 19.1. The molecule has 0 amide bonds. The fourth-order valence-electron chi connectivity index (χ4n) is 5.56. The van der Waals surface area contributed by atoms with E-state index in [9.17, 15) is 14.3 Å². The van der Waals surface area contributed by atoms with Gasteiger partial charge in [0, 0.05) is 0 Å². The molecule has 29 heavy (non-hydrogen) atoms. The molecule has 0 aliphatic heterocycles. The SMILES string of the molecule is NC(CCCCB(O)O)(C(=O)O)C1CCC(C2CCCc3ccc(F)cc32)CC1. The number of unbranched alkanes of at least 4 members (excludes halogenated alkanes) is 1. The third-order valence-corrected chi connectivity index (χ3v) is 7.24. The number of carboxylic acid groups (broad SMARTS) is 1. The van der Waals surface area contributed by atoms with Gasteiger partial charge in [0.25, 0.3) is 0 Å². The number of nitrogens with two attached hydrogens (primary N) is 1. The lowest BCUT2D eigenvalue weighted by molar-refractivity contribution is -0.146. The van der Waals surface area contributed by atoms with E-state index in [2.05, 4.69) is 0 Å². The molecule has 0 heterocycles. The van der Waals surface area contributed by atoms with Crippen LogP contribution in [0.2, 0.25) is 6.32 Å². The lowest BCUT2D eigenvalue weighted by Crippen LogP contribution is -2.55. The first-order chi connectivity index (χ1) is 13.8. The lowest BCUT2D eigenvalue weighted by Gasteiger charge is -2.42. The lowest BCUT2D eigenvalue weighted by atomic mass is 9.64. The van der Waals surface area contributed by atoms with Gasteiger partial charge in [0.15, 0.2) is 0 Å². The van der Waals surface area contributed by atoms with Crippen molar-refractivity contribution < 1.29 is 24.3 Å². The molecular formula is C22H33BFNO4. The number of fused-ring (bicyclic) bond motifs is 1. The molecule has 1 aromatic carbocycles. The van der Waals surface area contributed by atoms with E-state index in [1.807, 2.05) is 6.07 Å². The van der Waals surface area contributed by atoms with Gasteiger partial charge >= 0.3 is 13.1 Å². The number of aryl methyl sites for hydroxylation is 1. The molecule has 5 nitrogen and oxygen atoms in total. The number of carbonyl (C=O) groups is 1. The second-order valence-corrected chi connectivity index (χ2v) is 9.03. The van der Waals surface area contributed by atoms with Crippen LogP contribution in [0.1, 0.15) is 74.8 Å². The molecule has 1 saturated carbocycles. The zero-order valence-corrected chi connectivity index (χ0v) is 17.0. The fourth-order valence-corrected chi connectivity index (χ4v) is 5.56. The minimum Gasteiger partial charge on any atom is -0.480 e. The van der Waals surface area contributed by atoms with Crippen LogP contribution in [-0.4, -0.2) is 33.8 Å². The van der Waals surface area contributed by atoms with Crippen molar-refractivity contribution in [3.8, 4) is 0 Å². The third kappa shape index (κ3) is 5.19. The maximum absolute atomic E-state index is 13.8. The molecule has 2 atom stereocenters. The van der Waals surface area contributed by atoms with Crippen molar-refractivity contribution in [1.29, 1.82) is 0 Å². The van der Waals surface area contributed by atoms with Gasteiger partial charge in [-0.15, -0.1) is 0 Å². The first kappa shape index (κ1) is 22.3. The number of aliphatic carboxylic acids is 1. The quantitative estimate of drug-likeness (QED) is 0.392. The summed E-state index contributed by atoms with van der Waals surface area (Å²) in [6, 6.07) is 5.16. The van der Waals surface area contributed by atoms with E-state index in [1.165, 1.54) is 5.56 Å². The number of halogens is 1. The second-order valence-electron chi connectivity index (χ2n) is 9.03. The van der Waals surface area contributed by atoms with Crippen molar-refractivity contribution in [3.05, 3.63) is 35.1 Å². The maximum atomic E-state index is 13.8. The van der Waals surface area contributed by atoms with Crippen LogP contribution < -0.4 is 5.73 Å². The van der Waals surface area contributed by atoms with Gasteiger partial charge in [-0.2, -0.15) is 0 Å². The van der Waals surface area contributed by atoms with Crippen LogP contribution in [0.3, 0.4) is 0 Å². The summed E-state index contributed by atoms with van der Waals surface area (Å²) in [5, 5.41) is 27.7. The van der Waals surface area contributed by atoms with E-state index in [0.29, 0.717) is 31.1 Å². The van der Waals surface area contributed by atoms with Gasteiger partial charge in [0.1, 0.15) is 11.4 Å². The van der Waals surface area contributed by atoms with E-state index in [-0.39, 0.29) is 18.1 Å². The maximum Gasteiger partial charge on any atom is 0.451 e. The van der Waals surface area contributed by atoms with Gasteiger partial charge in [-0.1, -0.05) is 18.9 Å². The van der Waals surface area contributed by atoms with Crippen LogP contribution in [0.15, 0.2) is 18.2 Å². The van der Waals surface area contributed by atoms with E-state index in [1.54, 1.807) is 12.1 Å². The summed E-state index contributed by atoms with van der Waals surface area (Å²) in [5.74, 6) is -0.404. The Morgan fingerprint density at radius 3 is 2.55 bits per heavy atom. The number of benzene rings is 1. The summed E-state index contributed by atoms with van der Waals surface area (Å²) in [5.41, 5.74) is 7.53. The van der Waals surface area contributed by atoms with Crippen LogP contribution in [-0.2, 0) is 11.2 Å². The Morgan fingerprint density at radius 2 is 1.90 bits per heavy atom. The second kappa shape index (κ2) is 9.58. The molecule has 0 radical (unpaired) electrons. The van der Waals surface area contributed by atoms with E-state index in [0.717, 1.165) is 50.5 Å². The first-order valence-electron chi connectivity index (χ1n) is 11.0. The van der Waals surface area contributed by atoms with Gasteiger partial charge in [-0.05, 0) is 98.7 Å². The first-order valence-corrected chi connectivity index (χ1v) is 11.0. The predicted molar refractivity (Wildman–Crippen MR) is 111 cm³/mol. The van der Waals surface area contributed by atoms with E-state index < -0.39 is 18.6 Å². The van der Waals surface area contributed by atoms with Gasteiger partial charge in [0.2, 0.25) is 0 Å². The molecule has 160 valence electrons. The number of rotatable bonds is 8. The summed E-state index contributed by atoms with van der Waals surface area (Å²) >= 11 is 0. The minimum atomic E-state index is -1.36. The summed E-state index contributed by atoms with van der Waals surface area (Å²) in [7, 11) is -1.36. The summed E-state index contributed by atoms with van der Waals surface area (Å²) in [6.07, 6.45) is 8.29. The molecule has 0 spiro atoms. The van der Waals surface area contributed by atoms with Crippen molar-refractivity contribution in [2.45, 2.75) is 82.0 Å². The average Bonchev–Trinajstić information content (AvgIpc) is 2.70. The molecular weight excluding hydrogens is 372 g/mol. The standard InChI is InChI=1S/C22H33BFNO4/c24-18-11-8-15-4-3-5-19(20(15)14-18)16-6-9-17(10-7-16)22(25,21(26)27)12-1-2-13-23(28)29/h8,11,14,16-17,19,28-29H,1-7,9-10,12-13,25H2,(H,26,27). The van der Waals surface area contributed by atoms with Gasteiger partial charge in [-0.3, -0.25) is 4.79 Å². The smallest absolute Gasteiger partial charge is 0.451 e. The van der Waals surface area contributed by atoms with Crippen LogP contribution in [0.5, 0.6) is 0 Å². The Hall–Kier alpha value is -1.44. The van der Waals surface area contributed by atoms with Crippen molar-refractivity contribution >= 4 is 13.1 Å². The molecule has 1 fully saturated rings. The normalized spacial score (nSPS) is 26.4. The molecule has 2 aliphatic rings. The molecule has 3 rings (SSSR count). The molecule has 1 aromatic rings. The highest BCUT2D eigenvalue weighted by molar-refractivity contribution is 6.40. The molecule has 0 saturated heterocycles. The zero-order chi connectivity index (χ0) is 21.0. The molecule has 2 unspecified atom stereocenters. The van der Waals surface area contributed by atoms with Gasteiger partial charge in [-0.25, -0.2) is 4.39 Å². The van der Waals surface area contributed by atoms with Crippen LogP contribution >= 0.6 is 0 Å². The molecule has 5 N–H and O–H groups in total. The van der Waals surface area contributed by atoms with Gasteiger partial charge in [0.05, 0.1) is 0 Å². The zero-order valence-electron chi connectivity index (χ0n) is 17.0. The number of hydrogen-bond donors (Lipinski definition) is 4. The summed E-state index contributed by atoms with van der Waals surface area (Å²) < 4.78 is 13.8. The highest BCUT2D eigenvalue weighted by Gasteiger charge is 2.44. The Labute approximate surface area is 172 Å². The largest absolute Gasteiger partial charge is 0.480 e. The minimum absolute atomic E-state index is 0.0779. The Balaban J connectivity index is 1.62. The average molecular weight is 405 g/mol. The van der Waals surface area contributed by atoms with Crippen molar-refractivity contribution in [2.24, 2.45) is 17.6 Å². The summed E-state index contributed by atoms with van der Waals surface area (Å²) in [6.45, 7) is 0. The van der Waals surface area contributed by atoms with Crippen LogP contribution in [0, 0.1) is 17.7 Å². The van der Waals surface area contributed by atoms with Crippen LogP contribution in [0.25, 0.3) is 0 Å². The Bertz CT molecular complexity index is 708. The molecule has 2 aliphatic carbocycles. The van der Waals surface area contributed by atoms with Crippen LogP contribution in [0.4, 0.5) is 4.39 Å². The molecule has 0 bridgehead atoms. The van der Waals surface area contributed by atoms with Crippen molar-refractivity contribution in [2.75, 3.05) is 0 Å². The Kier molecular flexibility index (Phi) is 7.35. The van der Waals surface area contributed by atoms with Crippen molar-refractivity contribution in [3.63, 3.8) is 0 Å². The summed E-state index contributed by atoms with van der Waals surface area (Å²) in [4.78, 5) is 12.0. The fraction of sp³-hybridized carbons (Fsp3) is 0.682. The topological polar surface area (TPSA) is 104 Å². The van der Waals surface area contributed by atoms with Crippen molar-refractivity contribution in [1.82, 2.24) is 0 Å².